The number of ether oxygens (including phenoxy) is 1. The van der Waals surface area contributed by atoms with Crippen LogP contribution < -0.4 is 10.5 Å². The lowest BCUT2D eigenvalue weighted by Crippen LogP contribution is -2.31. The molecule has 1 fully saturated rings. The fourth-order valence-corrected chi connectivity index (χ4v) is 2.60. The zero-order chi connectivity index (χ0) is 15.5. The van der Waals surface area contributed by atoms with E-state index in [1.54, 1.807) is 12.1 Å². The van der Waals surface area contributed by atoms with Crippen molar-refractivity contribution >= 4 is 12.4 Å². The first-order valence-electron chi connectivity index (χ1n) is 7.01. The van der Waals surface area contributed by atoms with Gasteiger partial charge in [0.2, 0.25) is 0 Å². The molecule has 22 heavy (non-hydrogen) atoms. The Kier molecular flexibility index (Phi) is 6.52. The van der Waals surface area contributed by atoms with Crippen molar-refractivity contribution in [2.45, 2.75) is 26.1 Å². The van der Waals surface area contributed by atoms with Gasteiger partial charge in [0.1, 0.15) is 5.75 Å². The van der Waals surface area contributed by atoms with Gasteiger partial charge in [0, 0.05) is 18.7 Å². The summed E-state index contributed by atoms with van der Waals surface area (Å²) >= 11 is 0. The Balaban J connectivity index is 0.00000242. The van der Waals surface area contributed by atoms with Crippen LogP contribution in [0.5, 0.6) is 5.75 Å². The zero-order valence-electron chi connectivity index (χ0n) is 12.5. The third-order valence-corrected chi connectivity index (χ3v) is 3.89. The maximum Gasteiger partial charge on any atom is 0.422 e. The summed E-state index contributed by atoms with van der Waals surface area (Å²) in [5.41, 5.74) is 6.65. The summed E-state index contributed by atoms with van der Waals surface area (Å²) in [6.45, 7) is 3.85. The molecule has 1 aromatic carbocycles. The number of halogens is 4. The number of nitrogens with zero attached hydrogens (tertiary/aromatic N) is 1. The first-order valence-corrected chi connectivity index (χ1v) is 7.01. The van der Waals surface area contributed by atoms with E-state index in [1.165, 1.54) is 0 Å². The monoisotopic (exact) mass is 338 g/mol. The van der Waals surface area contributed by atoms with Gasteiger partial charge >= 0.3 is 6.18 Å². The van der Waals surface area contributed by atoms with E-state index >= 15 is 0 Å². The standard InChI is InChI=1S/C15H21F3N2O.ClH/c1-14(9-19)6-7-20(10-14)8-12-4-2-3-5-13(12)21-11-15(16,17)18;/h2-5H,6-11,19H2,1H3;1H. The molecular weight excluding hydrogens is 317 g/mol. The van der Waals surface area contributed by atoms with Gasteiger partial charge in [-0.15, -0.1) is 12.4 Å². The van der Waals surface area contributed by atoms with E-state index in [4.69, 9.17) is 10.5 Å². The van der Waals surface area contributed by atoms with Gasteiger partial charge in [-0.2, -0.15) is 13.2 Å². The first kappa shape index (κ1) is 19.1. The Morgan fingerprint density at radius 3 is 2.59 bits per heavy atom. The van der Waals surface area contributed by atoms with Gasteiger partial charge in [0.25, 0.3) is 0 Å². The molecule has 2 N–H and O–H groups in total. The highest BCUT2D eigenvalue weighted by Gasteiger charge is 2.33. The maximum absolute atomic E-state index is 12.3. The van der Waals surface area contributed by atoms with Gasteiger partial charge in [0.15, 0.2) is 6.61 Å². The molecule has 0 aliphatic carbocycles. The molecular formula is C15H22ClF3N2O. The topological polar surface area (TPSA) is 38.5 Å². The van der Waals surface area contributed by atoms with Crippen molar-refractivity contribution in [3.8, 4) is 5.75 Å². The molecule has 0 radical (unpaired) electrons. The third-order valence-electron chi connectivity index (χ3n) is 3.89. The highest BCUT2D eigenvalue weighted by Crippen LogP contribution is 2.31. The van der Waals surface area contributed by atoms with Crippen LogP contribution in [0.25, 0.3) is 0 Å². The van der Waals surface area contributed by atoms with Crippen LogP contribution >= 0.6 is 12.4 Å². The van der Waals surface area contributed by atoms with Crippen molar-refractivity contribution < 1.29 is 17.9 Å². The second-order valence-corrected chi connectivity index (χ2v) is 5.99. The summed E-state index contributed by atoms with van der Waals surface area (Å²) in [6, 6.07) is 6.89. The Hall–Kier alpha value is -0.980. The van der Waals surface area contributed by atoms with E-state index in [0.29, 0.717) is 18.8 Å². The van der Waals surface area contributed by atoms with Crippen molar-refractivity contribution in [3.63, 3.8) is 0 Å². The molecule has 1 unspecified atom stereocenters. The number of hydrogen-bond acceptors (Lipinski definition) is 3. The van der Waals surface area contributed by atoms with Crippen molar-refractivity contribution in [1.82, 2.24) is 4.90 Å². The molecule has 1 atom stereocenters. The largest absolute Gasteiger partial charge is 0.484 e. The number of hydrogen-bond donors (Lipinski definition) is 1. The predicted molar refractivity (Wildman–Crippen MR) is 82.3 cm³/mol. The molecule has 0 saturated carbocycles. The van der Waals surface area contributed by atoms with E-state index in [1.807, 2.05) is 12.1 Å². The molecule has 126 valence electrons. The average molecular weight is 339 g/mol. The van der Waals surface area contributed by atoms with Crippen LogP contribution in [0, 0.1) is 5.41 Å². The fourth-order valence-electron chi connectivity index (χ4n) is 2.60. The van der Waals surface area contributed by atoms with E-state index in [9.17, 15) is 13.2 Å². The summed E-state index contributed by atoms with van der Waals surface area (Å²) < 4.78 is 41.7. The lowest BCUT2D eigenvalue weighted by molar-refractivity contribution is -0.153. The second-order valence-electron chi connectivity index (χ2n) is 5.99. The highest BCUT2D eigenvalue weighted by molar-refractivity contribution is 5.85. The summed E-state index contributed by atoms with van der Waals surface area (Å²) in [5.74, 6) is 0.302. The molecule has 1 saturated heterocycles. The van der Waals surface area contributed by atoms with E-state index in [0.717, 1.165) is 25.1 Å². The minimum absolute atomic E-state index is 0. The third kappa shape index (κ3) is 5.34. The summed E-state index contributed by atoms with van der Waals surface area (Å²) in [7, 11) is 0. The lowest BCUT2D eigenvalue weighted by Gasteiger charge is -2.23. The van der Waals surface area contributed by atoms with Gasteiger partial charge in [-0.1, -0.05) is 25.1 Å². The lowest BCUT2D eigenvalue weighted by atomic mass is 9.90. The molecule has 1 heterocycles. The minimum Gasteiger partial charge on any atom is -0.484 e. The molecule has 0 bridgehead atoms. The zero-order valence-corrected chi connectivity index (χ0v) is 13.3. The van der Waals surface area contributed by atoms with Crippen molar-refractivity contribution in [2.75, 3.05) is 26.2 Å². The SMILES string of the molecule is CC1(CN)CCN(Cc2ccccc2OCC(F)(F)F)C1.Cl. The Bertz CT molecular complexity index is 484. The smallest absolute Gasteiger partial charge is 0.422 e. The molecule has 3 nitrogen and oxygen atoms in total. The maximum atomic E-state index is 12.3. The van der Waals surface area contributed by atoms with E-state index in [-0.39, 0.29) is 17.8 Å². The Labute approximate surface area is 135 Å². The van der Waals surface area contributed by atoms with E-state index < -0.39 is 12.8 Å². The number of para-hydroxylation sites is 1. The average Bonchev–Trinajstić information content (AvgIpc) is 2.79. The van der Waals surface area contributed by atoms with Crippen LogP contribution in [0.1, 0.15) is 18.9 Å². The molecule has 0 aromatic heterocycles. The summed E-state index contributed by atoms with van der Waals surface area (Å²) in [4.78, 5) is 2.21. The molecule has 7 heteroatoms. The van der Waals surface area contributed by atoms with Crippen molar-refractivity contribution in [1.29, 1.82) is 0 Å². The van der Waals surface area contributed by atoms with Crippen LogP contribution in [-0.4, -0.2) is 37.3 Å². The van der Waals surface area contributed by atoms with Gasteiger partial charge < -0.3 is 10.5 Å². The summed E-state index contributed by atoms with van der Waals surface area (Å²) in [6.07, 6.45) is -3.31. The quantitative estimate of drug-likeness (QED) is 0.896. The van der Waals surface area contributed by atoms with Crippen LogP contribution in [-0.2, 0) is 6.54 Å². The minimum atomic E-state index is -4.32. The normalized spacial score (nSPS) is 22.4. The van der Waals surface area contributed by atoms with Crippen molar-refractivity contribution in [2.24, 2.45) is 11.1 Å². The van der Waals surface area contributed by atoms with Gasteiger partial charge in [-0.05, 0) is 31.0 Å². The Morgan fingerprint density at radius 1 is 1.32 bits per heavy atom. The summed E-state index contributed by atoms with van der Waals surface area (Å²) in [5, 5.41) is 0. The van der Waals surface area contributed by atoms with Crippen LogP contribution in [0.15, 0.2) is 24.3 Å². The second kappa shape index (κ2) is 7.53. The van der Waals surface area contributed by atoms with Crippen LogP contribution in [0.4, 0.5) is 13.2 Å². The number of rotatable bonds is 5. The molecule has 1 aromatic rings. The number of benzene rings is 1. The number of nitrogens with two attached hydrogens (primary N) is 1. The van der Waals surface area contributed by atoms with E-state index in [2.05, 4.69) is 11.8 Å². The highest BCUT2D eigenvalue weighted by atomic mass is 35.5. The predicted octanol–water partition coefficient (Wildman–Crippen LogP) is 3.22. The first-order chi connectivity index (χ1) is 9.81. The van der Waals surface area contributed by atoms with Crippen LogP contribution in [0.3, 0.4) is 0 Å². The van der Waals surface area contributed by atoms with Gasteiger partial charge in [-0.25, -0.2) is 0 Å². The van der Waals surface area contributed by atoms with Gasteiger partial charge in [0.05, 0.1) is 0 Å². The molecule has 1 aliphatic heterocycles. The van der Waals surface area contributed by atoms with Crippen LogP contribution in [0.2, 0.25) is 0 Å². The molecule has 1 aliphatic rings. The molecule has 0 amide bonds. The molecule has 0 spiro atoms. The fraction of sp³-hybridized carbons (Fsp3) is 0.600. The molecule has 2 rings (SSSR count). The Morgan fingerprint density at radius 2 is 2.00 bits per heavy atom. The number of alkyl halides is 3. The van der Waals surface area contributed by atoms with Gasteiger partial charge in [-0.3, -0.25) is 4.90 Å². The number of likely N-dealkylation sites (tertiary alicyclic amines) is 1. The van der Waals surface area contributed by atoms with Crippen molar-refractivity contribution in [3.05, 3.63) is 29.8 Å².